The molecule has 17 heavy (non-hydrogen) atoms. The van der Waals surface area contributed by atoms with Crippen LogP contribution in [0.2, 0.25) is 0 Å². The summed E-state index contributed by atoms with van der Waals surface area (Å²) in [6.07, 6.45) is 1.55. The lowest BCUT2D eigenvalue weighted by Gasteiger charge is -2.30. The van der Waals surface area contributed by atoms with Gasteiger partial charge in [-0.2, -0.15) is 0 Å². The first kappa shape index (κ1) is 10.4. The molecule has 2 heterocycles. The summed E-state index contributed by atoms with van der Waals surface area (Å²) in [4.78, 5) is 12.2. The zero-order valence-electron chi connectivity index (χ0n) is 9.95. The van der Waals surface area contributed by atoms with Gasteiger partial charge in [-0.05, 0) is 38.8 Å². The minimum Gasteiger partial charge on any atom is -0.459 e. The van der Waals surface area contributed by atoms with Gasteiger partial charge in [-0.15, -0.1) is 0 Å². The van der Waals surface area contributed by atoms with E-state index in [1.54, 1.807) is 12.1 Å². The fourth-order valence-corrected chi connectivity index (χ4v) is 2.19. The summed E-state index contributed by atoms with van der Waals surface area (Å²) in [6, 6.07) is 7.29. The highest BCUT2D eigenvalue weighted by Crippen LogP contribution is 2.33. The smallest absolute Gasteiger partial charge is 0.292 e. The minimum absolute atomic E-state index is 0.0392. The Kier molecular flexibility index (Phi) is 2.05. The molecular weight excluding hydrogens is 216 g/mol. The summed E-state index contributed by atoms with van der Waals surface area (Å²) in [5, 5.41) is 0.634. The van der Waals surface area contributed by atoms with Crippen LogP contribution in [-0.2, 0) is 6.42 Å². The standard InChI is InChI=1S/C14H14O3/c1-14(2)8-7-10-12(15)9-5-3-4-6-11(9)16-13(10)17-14/h3-6H,7-8H2,1-2H3. The van der Waals surface area contributed by atoms with Crippen LogP contribution >= 0.6 is 0 Å². The van der Waals surface area contributed by atoms with Gasteiger partial charge in [0.1, 0.15) is 11.2 Å². The second-order valence-corrected chi connectivity index (χ2v) is 5.06. The Labute approximate surface area is 99.0 Å². The number of hydrogen-bond acceptors (Lipinski definition) is 3. The number of hydrogen-bond donors (Lipinski definition) is 0. The third kappa shape index (κ3) is 1.62. The van der Waals surface area contributed by atoms with Crippen LogP contribution in [0.3, 0.4) is 0 Å². The van der Waals surface area contributed by atoms with Crippen LogP contribution < -0.4 is 10.2 Å². The van der Waals surface area contributed by atoms with Gasteiger partial charge in [0.15, 0.2) is 5.43 Å². The second-order valence-electron chi connectivity index (χ2n) is 5.06. The maximum Gasteiger partial charge on any atom is 0.292 e. The van der Waals surface area contributed by atoms with Crippen molar-refractivity contribution >= 4 is 11.0 Å². The van der Waals surface area contributed by atoms with Gasteiger partial charge < -0.3 is 9.15 Å². The van der Waals surface area contributed by atoms with Gasteiger partial charge in [-0.3, -0.25) is 4.79 Å². The number of rotatable bonds is 0. The summed E-state index contributed by atoms with van der Waals surface area (Å²) >= 11 is 0. The van der Waals surface area contributed by atoms with Gasteiger partial charge in [-0.1, -0.05) is 12.1 Å². The highest BCUT2D eigenvalue weighted by atomic mass is 16.6. The Balaban J connectivity index is 2.30. The topological polar surface area (TPSA) is 39.4 Å². The third-order valence-electron chi connectivity index (χ3n) is 3.20. The fraction of sp³-hybridized carbons (Fsp3) is 0.357. The predicted molar refractivity (Wildman–Crippen MR) is 65.5 cm³/mol. The second kappa shape index (κ2) is 3.36. The van der Waals surface area contributed by atoms with Gasteiger partial charge in [0.05, 0.1) is 10.9 Å². The van der Waals surface area contributed by atoms with Crippen molar-refractivity contribution in [2.75, 3.05) is 0 Å². The quantitative estimate of drug-likeness (QED) is 0.698. The lowest BCUT2D eigenvalue weighted by molar-refractivity contribution is 0.0533. The molecular formula is C14H14O3. The van der Waals surface area contributed by atoms with Gasteiger partial charge in [0.2, 0.25) is 0 Å². The van der Waals surface area contributed by atoms with Crippen molar-refractivity contribution in [3.8, 4) is 5.95 Å². The molecule has 0 fully saturated rings. The Morgan fingerprint density at radius 2 is 2.00 bits per heavy atom. The molecule has 0 amide bonds. The van der Waals surface area contributed by atoms with E-state index in [1.165, 1.54) is 0 Å². The lowest BCUT2D eigenvalue weighted by atomic mass is 9.95. The summed E-state index contributed by atoms with van der Waals surface area (Å²) in [6.45, 7) is 4.01. The van der Waals surface area contributed by atoms with Crippen LogP contribution in [0.5, 0.6) is 5.95 Å². The molecule has 3 nitrogen and oxygen atoms in total. The number of fused-ring (bicyclic) bond motifs is 2. The van der Waals surface area contributed by atoms with Crippen LogP contribution in [0, 0.1) is 0 Å². The molecule has 1 aliphatic rings. The molecule has 0 saturated heterocycles. The van der Waals surface area contributed by atoms with Gasteiger partial charge >= 0.3 is 0 Å². The fourth-order valence-electron chi connectivity index (χ4n) is 2.19. The number of ether oxygens (including phenoxy) is 1. The van der Waals surface area contributed by atoms with Crippen LogP contribution in [0.4, 0.5) is 0 Å². The van der Waals surface area contributed by atoms with E-state index >= 15 is 0 Å². The van der Waals surface area contributed by atoms with Gasteiger partial charge in [-0.25, -0.2) is 0 Å². The van der Waals surface area contributed by atoms with E-state index in [-0.39, 0.29) is 11.0 Å². The zero-order valence-corrected chi connectivity index (χ0v) is 9.95. The van der Waals surface area contributed by atoms with E-state index in [0.717, 1.165) is 12.8 Å². The molecule has 0 aliphatic carbocycles. The van der Waals surface area contributed by atoms with Crippen LogP contribution in [0.1, 0.15) is 25.8 Å². The first-order valence-corrected chi connectivity index (χ1v) is 5.81. The summed E-state index contributed by atoms with van der Waals surface area (Å²) in [5.41, 5.74) is 1.04. The largest absolute Gasteiger partial charge is 0.459 e. The van der Waals surface area contributed by atoms with Crippen molar-refractivity contribution in [2.24, 2.45) is 0 Å². The minimum atomic E-state index is -0.259. The van der Waals surface area contributed by atoms with Crippen molar-refractivity contribution in [1.29, 1.82) is 0 Å². The van der Waals surface area contributed by atoms with Crippen LogP contribution in [0.15, 0.2) is 33.5 Å². The normalized spacial score (nSPS) is 17.5. The molecule has 0 radical (unpaired) electrons. The summed E-state index contributed by atoms with van der Waals surface area (Å²) in [5.74, 6) is 0.393. The average Bonchev–Trinajstić information content (AvgIpc) is 2.27. The highest BCUT2D eigenvalue weighted by Gasteiger charge is 2.30. The molecule has 0 spiro atoms. The molecule has 3 rings (SSSR count). The first-order valence-electron chi connectivity index (χ1n) is 5.81. The van der Waals surface area contributed by atoms with Crippen LogP contribution in [-0.4, -0.2) is 5.60 Å². The molecule has 3 heteroatoms. The van der Waals surface area contributed by atoms with E-state index in [9.17, 15) is 4.79 Å². The molecule has 1 aliphatic heterocycles. The molecule has 2 aromatic rings. The Morgan fingerprint density at radius 3 is 2.82 bits per heavy atom. The first-order chi connectivity index (χ1) is 8.07. The predicted octanol–water partition coefficient (Wildman–Crippen LogP) is 2.90. The number of para-hydroxylation sites is 1. The third-order valence-corrected chi connectivity index (χ3v) is 3.20. The van der Waals surface area contributed by atoms with E-state index < -0.39 is 0 Å². The van der Waals surface area contributed by atoms with E-state index in [4.69, 9.17) is 9.15 Å². The average molecular weight is 230 g/mol. The summed E-state index contributed by atoms with van der Waals surface area (Å²) in [7, 11) is 0. The Hall–Kier alpha value is -1.77. The van der Waals surface area contributed by atoms with E-state index in [2.05, 4.69) is 0 Å². The highest BCUT2D eigenvalue weighted by molar-refractivity contribution is 5.77. The molecule has 1 aromatic heterocycles. The Bertz CT molecular complexity index is 637. The van der Waals surface area contributed by atoms with Crippen molar-refractivity contribution in [3.05, 3.63) is 40.1 Å². The molecule has 0 saturated carbocycles. The SMILES string of the molecule is CC1(C)CCc2c(oc3ccccc3c2=O)O1. The van der Waals surface area contributed by atoms with E-state index in [0.29, 0.717) is 22.5 Å². The molecule has 88 valence electrons. The molecule has 0 atom stereocenters. The monoisotopic (exact) mass is 230 g/mol. The van der Waals surface area contributed by atoms with Gasteiger partial charge in [0.25, 0.3) is 5.95 Å². The van der Waals surface area contributed by atoms with Crippen molar-refractivity contribution in [1.82, 2.24) is 0 Å². The Morgan fingerprint density at radius 1 is 1.24 bits per heavy atom. The number of benzene rings is 1. The van der Waals surface area contributed by atoms with E-state index in [1.807, 2.05) is 26.0 Å². The molecule has 0 N–H and O–H groups in total. The summed E-state index contributed by atoms with van der Waals surface area (Å²) < 4.78 is 11.4. The molecule has 0 bridgehead atoms. The van der Waals surface area contributed by atoms with Crippen molar-refractivity contribution in [3.63, 3.8) is 0 Å². The maximum atomic E-state index is 12.2. The maximum absolute atomic E-state index is 12.2. The van der Waals surface area contributed by atoms with Crippen molar-refractivity contribution in [2.45, 2.75) is 32.3 Å². The van der Waals surface area contributed by atoms with Crippen LogP contribution in [0.25, 0.3) is 11.0 Å². The van der Waals surface area contributed by atoms with Crippen molar-refractivity contribution < 1.29 is 9.15 Å². The molecule has 0 unspecified atom stereocenters. The lowest BCUT2D eigenvalue weighted by Crippen LogP contribution is -2.34. The molecule has 1 aromatic carbocycles. The van der Waals surface area contributed by atoms with Gasteiger partial charge in [0, 0.05) is 0 Å². The zero-order chi connectivity index (χ0) is 12.0.